The van der Waals surface area contributed by atoms with Crippen molar-refractivity contribution in [2.75, 3.05) is 17.7 Å². The van der Waals surface area contributed by atoms with Crippen LogP contribution in [0.5, 0.6) is 5.75 Å². The molecule has 0 saturated carbocycles. The number of halogens is 1. The zero-order valence-corrected chi connectivity index (χ0v) is 18.0. The van der Waals surface area contributed by atoms with Gasteiger partial charge in [0.2, 0.25) is 0 Å². The molecule has 0 bridgehead atoms. The minimum Gasteiger partial charge on any atom is -0.496 e. The Bertz CT molecular complexity index is 1080. The van der Waals surface area contributed by atoms with Gasteiger partial charge >= 0.3 is 0 Å². The smallest absolute Gasteiger partial charge is 0.257 e. The van der Waals surface area contributed by atoms with Crippen LogP contribution >= 0.6 is 15.9 Å². The molecule has 6 heteroatoms. The summed E-state index contributed by atoms with van der Waals surface area (Å²) < 4.78 is 5.86. The number of aryl methyl sites for hydroxylation is 2. The molecule has 29 heavy (non-hydrogen) atoms. The van der Waals surface area contributed by atoms with Gasteiger partial charge in [-0.2, -0.15) is 0 Å². The average Bonchev–Trinajstić information content (AvgIpc) is 2.71. The molecule has 0 aliphatic rings. The first-order valence-electron chi connectivity index (χ1n) is 9.01. The molecule has 0 spiro atoms. The van der Waals surface area contributed by atoms with Crippen LogP contribution in [-0.2, 0) is 0 Å². The van der Waals surface area contributed by atoms with Crippen molar-refractivity contribution in [1.82, 2.24) is 0 Å². The van der Waals surface area contributed by atoms with E-state index in [0.717, 1.165) is 11.1 Å². The van der Waals surface area contributed by atoms with Gasteiger partial charge in [0.1, 0.15) is 5.75 Å². The number of methoxy groups -OCH3 is 1. The summed E-state index contributed by atoms with van der Waals surface area (Å²) in [5.74, 6) is 0.0227. The van der Waals surface area contributed by atoms with Gasteiger partial charge in [-0.25, -0.2) is 0 Å². The standard InChI is InChI=1S/C23H21BrN2O3/c1-14-8-10-17(12-15(14)2)25-23(28)18-6-4-5-7-20(18)26-22(27)16-9-11-21(29-3)19(24)13-16/h4-13H,1-3H3,(H,25,28)(H,26,27). The van der Waals surface area contributed by atoms with Crippen molar-refractivity contribution in [3.8, 4) is 5.75 Å². The van der Waals surface area contributed by atoms with Crippen LogP contribution in [0.1, 0.15) is 31.8 Å². The zero-order chi connectivity index (χ0) is 21.0. The third-order valence-corrected chi connectivity index (χ3v) is 5.22. The van der Waals surface area contributed by atoms with Gasteiger partial charge in [-0.05, 0) is 83.4 Å². The van der Waals surface area contributed by atoms with Crippen LogP contribution in [-0.4, -0.2) is 18.9 Å². The van der Waals surface area contributed by atoms with Crippen LogP contribution < -0.4 is 15.4 Å². The van der Waals surface area contributed by atoms with E-state index in [4.69, 9.17) is 4.74 Å². The predicted molar refractivity (Wildman–Crippen MR) is 119 cm³/mol. The molecule has 5 nitrogen and oxygen atoms in total. The first-order chi connectivity index (χ1) is 13.9. The van der Waals surface area contributed by atoms with Crippen molar-refractivity contribution in [1.29, 1.82) is 0 Å². The molecule has 2 N–H and O–H groups in total. The number of rotatable bonds is 5. The van der Waals surface area contributed by atoms with Crippen molar-refractivity contribution >= 4 is 39.1 Å². The van der Waals surface area contributed by atoms with Gasteiger partial charge in [0, 0.05) is 11.3 Å². The summed E-state index contributed by atoms with van der Waals surface area (Å²) in [5, 5.41) is 5.71. The predicted octanol–water partition coefficient (Wildman–Crippen LogP) is 5.58. The molecule has 0 unspecified atom stereocenters. The number of para-hydroxylation sites is 1. The summed E-state index contributed by atoms with van der Waals surface area (Å²) in [6.45, 7) is 4.01. The molecule has 0 aliphatic heterocycles. The van der Waals surface area contributed by atoms with Gasteiger partial charge in [0.15, 0.2) is 0 Å². The molecule has 0 radical (unpaired) electrons. The SMILES string of the molecule is COc1ccc(C(=O)Nc2ccccc2C(=O)Nc2ccc(C)c(C)c2)cc1Br. The highest BCUT2D eigenvalue weighted by Gasteiger charge is 2.15. The monoisotopic (exact) mass is 452 g/mol. The number of carbonyl (C=O) groups is 2. The van der Waals surface area contributed by atoms with E-state index in [1.54, 1.807) is 49.6 Å². The Morgan fingerprint density at radius 1 is 0.862 bits per heavy atom. The highest BCUT2D eigenvalue weighted by molar-refractivity contribution is 9.10. The molecule has 3 aromatic rings. The maximum atomic E-state index is 12.8. The fraction of sp³-hybridized carbons (Fsp3) is 0.130. The van der Waals surface area contributed by atoms with Gasteiger partial charge in [0.05, 0.1) is 22.8 Å². The zero-order valence-electron chi connectivity index (χ0n) is 16.4. The Morgan fingerprint density at radius 2 is 1.62 bits per heavy atom. The summed E-state index contributed by atoms with van der Waals surface area (Å²) in [7, 11) is 1.56. The number of amides is 2. The summed E-state index contributed by atoms with van der Waals surface area (Å²) in [6, 6.07) is 17.7. The van der Waals surface area contributed by atoms with Crippen molar-refractivity contribution in [3.05, 3.63) is 87.4 Å². The molecule has 0 atom stereocenters. The quantitative estimate of drug-likeness (QED) is 0.530. The second-order valence-electron chi connectivity index (χ2n) is 6.60. The first kappa shape index (κ1) is 20.6. The Morgan fingerprint density at radius 3 is 2.31 bits per heavy atom. The number of hydrogen-bond acceptors (Lipinski definition) is 3. The lowest BCUT2D eigenvalue weighted by Gasteiger charge is -2.13. The topological polar surface area (TPSA) is 67.4 Å². The summed E-state index contributed by atoms with van der Waals surface area (Å²) in [5.41, 5.74) is 4.22. The lowest BCUT2D eigenvalue weighted by Crippen LogP contribution is -2.18. The Labute approximate surface area is 178 Å². The lowest BCUT2D eigenvalue weighted by atomic mass is 10.1. The minimum atomic E-state index is -0.320. The van der Waals surface area contributed by atoms with Gasteiger partial charge in [-0.1, -0.05) is 18.2 Å². The van der Waals surface area contributed by atoms with E-state index >= 15 is 0 Å². The van der Waals surface area contributed by atoms with Crippen molar-refractivity contribution in [3.63, 3.8) is 0 Å². The second-order valence-corrected chi connectivity index (χ2v) is 7.46. The largest absolute Gasteiger partial charge is 0.496 e. The minimum absolute atomic E-state index is 0.292. The second kappa shape index (κ2) is 8.92. The number of hydrogen-bond donors (Lipinski definition) is 2. The van der Waals surface area contributed by atoms with Crippen LogP contribution in [0.25, 0.3) is 0 Å². The lowest BCUT2D eigenvalue weighted by molar-refractivity contribution is 0.102. The molecule has 0 aromatic heterocycles. The highest BCUT2D eigenvalue weighted by atomic mass is 79.9. The summed E-state index contributed by atoms with van der Waals surface area (Å²) in [6.07, 6.45) is 0. The Balaban J connectivity index is 1.81. The number of ether oxygens (including phenoxy) is 1. The molecular formula is C23H21BrN2O3. The van der Waals surface area contributed by atoms with Crippen molar-refractivity contribution < 1.29 is 14.3 Å². The molecule has 0 heterocycles. The fourth-order valence-electron chi connectivity index (χ4n) is 2.81. The van der Waals surface area contributed by atoms with Crippen LogP contribution in [0.15, 0.2) is 65.1 Å². The van der Waals surface area contributed by atoms with Gasteiger partial charge < -0.3 is 15.4 Å². The molecule has 148 valence electrons. The number of anilines is 2. The van der Waals surface area contributed by atoms with E-state index in [1.165, 1.54) is 0 Å². The van der Waals surface area contributed by atoms with Crippen LogP contribution in [0.3, 0.4) is 0 Å². The number of benzene rings is 3. The number of carbonyl (C=O) groups excluding carboxylic acids is 2. The maximum Gasteiger partial charge on any atom is 0.257 e. The van der Waals surface area contributed by atoms with Crippen molar-refractivity contribution in [2.45, 2.75) is 13.8 Å². The van der Waals surface area contributed by atoms with Crippen LogP contribution in [0.2, 0.25) is 0 Å². The first-order valence-corrected chi connectivity index (χ1v) is 9.81. The van der Waals surface area contributed by atoms with Crippen LogP contribution in [0.4, 0.5) is 11.4 Å². The van der Waals surface area contributed by atoms with E-state index in [0.29, 0.717) is 32.7 Å². The third kappa shape index (κ3) is 4.84. The maximum absolute atomic E-state index is 12.8. The fourth-order valence-corrected chi connectivity index (χ4v) is 3.35. The molecular weight excluding hydrogens is 432 g/mol. The van der Waals surface area contributed by atoms with Gasteiger partial charge in [-0.3, -0.25) is 9.59 Å². The normalized spacial score (nSPS) is 10.3. The third-order valence-electron chi connectivity index (χ3n) is 4.60. The van der Waals surface area contributed by atoms with E-state index in [1.807, 2.05) is 32.0 Å². The summed E-state index contributed by atoms with van der Waals surface area (Å²) in [4.78, 5) is 25.5. The molecule has 3 rings (SSSR count). The van der Waals surface area contributed by atoms with Crippen LogP contribution in [0, 0.1) is 13.8 Å². The molecule has 2 amide bonds. The molecule has 3 aromatic carbocycles. The van der Waals surface area contributed by atoms with Gasteiger partial charge in [-0.15, -0.1) is 0 Å². The van der Waals surface area contributed by atoms with E-state index in [2.05, 4.69) is 26.6 Å². The molecule has 0 fully saturated rings. The van der Waals surface area contributed by atoms with E-state index in [9.17, 15) is 9.59 Å². The highest BCUT2D eigenvalue weighted by Crippen LogP contribution is 2.26. The molecule has 0 saturated heterocycles. The Kier molecular flexibility index (Phi) is 6.34. The Hall–Kier alpha value is -3.12. The van der Waals surface area contributed by atoms with E-state index in [-0.39, 0.29) is 11.8 Å². The number of nitrogens with one attached hydrogen (secondary N) is 2. The van der Waals surface area contributed by atoms with E-state index < -0.39 is 0 Å². The summed E-state index contributed by atoms with van der Waals surface area (Å²) >= 11 is 3.38. The average molecular weight is 453 g/mol. The van der Waals surface area contributed by atoms with Gasteiger partial charge in [0.25, 0.3) is 11.8 Å². The van der Waals surface area contributed by atoms with Crippen molar-refractivity contribution in [2.24, 2.45) is 0 Å². The molecule has 0 aliphatic carbocycles.